The minimum Gasteiger partial charge on any atom is -0.478 e. The molecule has 116 valence electrons. The lowest BCUT2D eigenvalue weighted by atomic mass is 10.0. The molecular formula is C16H17NO4S. The normalized spacial score (nSPS) is 11.4. The third kappa shape index (κ3) is 3.65. The van der Waals surface area contributed by atoms with Crippen molar-refractivity contribution in [1.82, 2.24) is 0 Å². The first-order valence-corrected chi connectivity index (χ1v) is 8.24. The molecule has 2 aromatic carbocycles. The van der Waals surface area contributed by atoms with E-state index in [2.05, 4.69) is 4.72 Å². The van der Waals surface area contributed by atoms with E-state index < -0.39 is 16.0 Å². The number of carboxylic acids is 1. The lowest BCUT2D eigenvalue weighted by molar-refractivity contribution is 0.0697. The Balaban J connectivity index is 2.27. The zero-order valence-corrected chi connectivity index (χ0v) is 13.1. The van der Waals surface area contributed by atoms with E-state index in [4.69, 9.17) is 5.11 Å². The minimum atomic E-state index is -3.74. The van der Waals surface area contributed by atoms with Crippen LogP contribution in [0, 0.1) is 0 Å². The Morgan fingerprint density at radius 1 is 1.09 bits per heavy atom. The van der Waals surface area contributed by atoms with Gasteiger partial charge in [-0.1, -0.05) is 32.0 Å². The molecule has 0 amide bonds. The summed E-state index contributed by atoms with van der Waals surface area (Å²) in [6.45, 7) is 4.05. The maximum absolute atomic E-state index is 12.3. The van der Waals surface area contributed by atoms with E-state index in [9.17, 15) is 13.2 Å². The molecule has 0 atom stereocenters. The molecule has 0 fully saturated rings. The number of nitrogens with one attached hydrogen (secondary N) is 1. The number of carboxylic acid groups (broad SMARTS) is 1. The summed E-state index contributed by atoms with van der Waals surface area (Å²) < 4.78 is 27.0. The van der Waals surface area contributed by atoms with Gasteiger partial charge in [0.15, 0.2) is 0 Å². The number of anilines is 1. The van der Waals surface area contributed by atoms with Crippen LogP contribution in [0.25, 0.3) is 0 Å². The zero-order valence-electron chi connectivity index (χ0n) is 12.3. The molecule has 0 aliphatic heterocycles. The third-order valence-corrected chi connectivity index (χ3v) is 4.62. The number of benzene rings is 2. The highest BCUT2D eigenvalue weighted by atomic mass is 32.2. The molecule has 0 aliphatic rings. The molecular weight excluding hydrogens is 302 g/mol. The van der Waals surface area contributed by atoms with Gasteiger partial charge in [0.1, 0.15) is 0 Å². The average molecular weight is 319 g/mol. The molecule has 0 unspecified atom stereocenters. The molecule has 2 N–H and O–H groups in total. The molecule has 0 saturated carbocycles. The summed E-state index contributed by atoms with van der Waals surface area (Å²) >= 11 is 0. The Kier molecular flexibility index (Phi) is 4.51. The number of hydrogen-bond donors (Lipinski definition) is 2. The van der Waals surface area contributed by atoms with Crippen LogP contribution < -0.4 is 4.72 Å². The van der Waals surface area contributed by atoms with Gasteiger partial charge >= 0.3 is 5.97 Å². The van der Waals surface area contributed by atoms with Crippen molar-refractivity contribution < 1.29 is 18.3 Å². The molecule has 2 aromatic rings. The number of sulfonamides is 1. The van der Waals surface area contributed by atoms with Crippen LogP contribution in [0.15, 0.2) is 53.4 Å². The van der Waals surface area contributed by atoms with E-state index in [0.717, 1.165) is 5.56 Å². The summed E-state index contributed by atoms with van der Waals surface area (Å²) in [4.78, 5) is 11.0. The number of rotatable bonds is 5. The van der Waals surface area contributed by atoms with Gasteiger partial charge in [0.25, 0.3) is 10.0 Å². The van der Waals surface area contributed by atoms with Crippen LogP contribution in [0.2, 0.25) is 0 Å². The van der Waals surface area contributed by atoms with Gasteiger partial charge in [-0.05, 0) is 41.8 Å². The first-order valence-electron chi connectivity index (χ1n) is 6.76. The smallest absolute Gasteiger partial charge is 0.335 e. The first kappa shape index (κ1) is 16.0. The van der Waals surface area contributed by atoms with Crippen LogP contribution in [0.4, 0.5) is 5.69 Å². The lowest BCUT2D eigenvalue weighted by Crippen LogP contribution is -2.13. The topological polar surface area (TPSA) is 83.5 Å². The second-order valence-corrected chi connectivity index (χ2v) is 6.90. The summed E-state index contributed by atoms with van der Waals surface area (Å²) in [5, 5.41) is 8.93. The van der Waals surface area contributed by atoms with Crippen molar-refractivity contribution in [2.75, 3.05) is 4.72 Å². The highest BCUT2D eigenvalue weighted by Crippen LogP contribution is 2.20. The van der Waals surface area contributed by atoms with Gasteiger partial charge in [-0.2, -0.15) is 0 Å². The van der Waals surface area contributed by atoms with Crippen molar-refractivity contribution in [3.05, 3.63) is 59.7 Å². The van der Waals surface area contributed by atoms with Crippen LogP contribution in [-0.2, 0) is 10.0 Å². The summed E-state index contributed by atoms with van der Waals surface area (Å²) in [6, 6.07) is 12.3. The largest absolute Gasteiger partial charge is 0.478 e. The van der Waals surface area contributed by atoms with E-state index in [1.807, 2.05) is 13.8 Å². The van der Waals surface area contributed by atoms with Crippen LogP contribution in [0.3, 0.4) is 0 Å². The lowest BCUT2D eigenvalue weighted by Gasteiger charge is -2.10. The molecule has 0 aromatic heterocycles. The molecule has 0 aliphatic carbocycles. The Morgan fingerprint density at radius 3 is 2.27 bits per heavy atom. The zero-order chi connectivity index (χ0) is 16.3. The highest BCUT2D eigenvalue weighted by molar-refractivity contribution is 7.92. The minimum absolute atomic E-state index is 0.0235. The van der Waals surface area contributed by atoms with Gasteiger partial charge in [-0.15, -0.1) is 0 Å². The predicted octanol–water partition coefficient (Wildman–Crippen LogP) is 3.31. The molecule has 0 radical (unpaired) electrons. The Hall–Kier alpha value is -2.34. The molecule has 22 heavy (non-hydrogen) atoms. The Bertz CT molecular complexity index is 780. The van der Waals surface area contributed by atoms with E-state index in [0.29, 0.717) is 5.92 Å². The van der Waals surface area contributed by atoms with Gasteiger partial charge in [-0.25, -0.2) is 13.2 Å². The second kappa shape index (κ2) is 6.19. The predicted molar refractivity (Wildman–Crippen MR) is 84.7 cm³/mol. The van der Waals surface area contributed by atoms with Crippen molar-refractivity contribution in [3.8, 4) is 0 Å². The van der Waals surface area contributed by atoms with Gasteiger partial charge < -0.3 is 5.11 Å². The highest BCUT2D eigenvalue weighted by Gasteiger charge is 2.15. The fourth-order valence-corrected chi connectivity index (χ4v) is 3.01. The van der Waals surface area contributed by atoms with E-state index in [1.165, 1.54) is 24.3 Å². The summed E-state index contributed by atoms with van der Waals surface area (Å²) in [5.74, 6) is -0.792. The maximum Gasteiger partial charge on any atom is 0.335 e. The molecule has 0 spiro atoms. The fraction of sp³-hybridized carbons (Fsp3) is 0.188. The van der Waals surface area contributed by atoms with Gasteiger partial charge in [0, 0.05) is 5.69 Å². The molecule has 0 heterocycles. The van der Waals surface area contributed by atoms with Crippen molar-refractivity contribution in [2.45, 2.75) is 24.7 Å². The van der Waals surface area contributed by atoms with Crippen LogP contribution in [-0.4, -0.2) is 19.5 Å². The summed E-state index contributed by atoms with van der Waals surface area (Å²) in [7, 11) is -3.74. The number of hydrogen-bond acceptors (Lipinski definition) is 3. The van der Waals surface area contributed by atoms with Gasteiger partial charge in [0.05, 0.1) is 10.5 Å². The Labute approximate surface area is 129 Å². The van der Waals surface area contributed by atoms with Crippen LogP contribution in [0.5, 0.6) is 0 Å². The van der Waals surface area contributed by atoms with Crippen molar-refractivity contribution in [1.29, 1.82) is 0 Å². The van der Waals surface area contributed by atoms with Crippen LogP contribution >= 0.6 is 0 Å². The monoisotopic (exact) mass is 319 g/mol. The van der Waals surface area contributed by atoms with Crippen molar-refractivity contribution in [2.24, 2.45) is 0 Å². The van der Waals surface area contributed by atoms with E-state index in [-0.39, 0.29) is 16.1 Å². The first-order chi connectivity index (χ1) is 10.3. The quantitative estimate of drug-likeness (QED) is 0.885. The maximum atomic E-state index is 12.3. The van der Waals surface area contributed by atoms with E-state index >= 15 is 0 Å². The van der Waals surface area contributed by atoms with Crippen LogP contribution in [0.1, 0.15) is 35.7 Å². The molecule has 5 nitrogen and oxygen atoms in total. The van der Waals surface area contributed by atoms with Crippen molar-refractivity contribution in [3.63, 3.8) is 0 Å². The van der Waals surface area contributed by atoms with Gasteiger partial charge in [0.2, 0.25) is 0 Å². The molecule has 0 saturated heterocycles. The molecule has 2 rings (SSSR count). The van der Waals surface area contributed by atoms with Crippen molar-refractivity contribution >= 4 is 21.7 Å². The molecule has 0 bridgehead atoms. The summed E-state index contributed by atoms with van der Waals surface area (Å²) in [5.41, 5.74) is 1.29. The average Bonchev–Trinajstić information content (AvgIpc) is 2.47. The number of carbonyl (C=O) groups is 1. The SMILES string of the molecule is CC(C)c1ccc(S(=O)(=O)Nc2cccc(C(=O)O)c2)cc1. The molecule has 6 heteroatoms. The fourth-order valence-electron chi connectivity index (χ4n) is 1.96. The standard InChI is InChI=1S/C16H17NO4S/c1-11(2)12-6-8-15(9-7-12)22(20,21)17-14-5-3-4-13(10-14)16(18)19/h3-11,17H,1-2H3,(H,18,19). The second-order valence-electron chi connectivity index (χ2n) is 5.22. The third-order valence-electron chi connectivity index (χ3n) is 3.22. The Morgan fingerprint density at radius 2 is 1.73 bits per heavy atom. The summed E-state index contributed by atoms with van der Waals surface area (Å²) in [6.07, 6.45) is 0. The number of aromatic carboxylic acids is 1. The van der Waals surface area contributed by atoms with E-state index in [1.54, 1.807) is 24.3 Å². The van der Waals surface area contributed by atoms with Gasteiger partial charge in [-0.3, -0.25) is 4.72 Å².